The molecule has 0 amide bonds. The van der Waals surface area contributed by atoms with Gasteiger partial charge in [-0.3, -0.25) is 0 Å². The van der Waals surface area contributed by atoms with Gasteiger partial charge in [-0.25, -0.2) is 0 Å². The smallest absolute Gasteiger partial charge is 0.229 e. The first kappa shape index (κ1) is 17.2. The van der Waals surface area contributed by atoms with Crippen LogP contribution in [0.3, 0.4) is 0 Å². The summed E-state index contributed by atoms with van der Waals surface area (Å²) in [5.41, 5.74) is 6.82. The maximum absolute atomic E-state index is 5.77. The van der Waals surface area contributed by atoms with Crippen molar-refractivity contribution in [1.29, 1.82) is 0 Å². The fraction of sp³-hybridized carbons (Fsp3) is 0.312. The summed E-state index contributed by atoms with van der Waals surface area (Å²) in [6.45, 7) is 2.85. The molecule has 0 saturated heterocycles. The number of rotatable bonds is 6. The first-order chi connectivity index (χ1) is 12.1. The molecule has 0 fully saturated rings. The minimum atomic E-state index is 0.219. The molecule has 0 atom stereocenters. The molecule has 3 aromatic rings. The van der Waals surface area contributed by atoms with E-state index in [9.17, 15) is 0 Å². The number of hydrogen-bond donors (Lipinski definition) is 1. The highest BCUT2D eigenvalue weighted by Gasteiger charge is 2.14. The van der Waals surface area contributed by atoms with Crippen LogP contribution in [0.25, 0.3) is 11.4 Å². The summed E-state index contributed by atoms with van der Waals surface area (Å²) in [6, 6.07) is 10.0. The fourth-order valence-electron chi connectivity index (χ4n) is 2.30. The predicted molar refractivity (Wildman–Crippen MR) is 99.3 cm³/mol. The highest BCUT2D eigenvalue weighted by molar-refractivity contribution is 7.98. The molecule has 0 saturated carbocycles. The zero-order valence-corrected chi connectivity index (χ0v) is 15.2. The highest BCUT2D eigenvalue weighted by atomic mass is 32.2. The number of nitrogens with two attached hydrogens (primary N) is 1. The van der Waals surface area contributed by atoms with Crippen LogP contribution in [0, 0.1) is 0 Å². The van der Waals surface area contributed by atoms with Crippen molar-refractivity contribution in [2.45, 2.75) is 24.4 Å². The molecule has 3 rings (SSSR count). The van der Waals surface area contributed by atoms with Crippen molar-refractivity contribution < 1.29 is 0 Å². The van der Waals surface area contributed by atoms with Crippen molar-refractivity contribution in [3.63, 3.8) is 0 Å². The van der Waals surface area contributed by atoms with Crippen LogP contribution < -0.4 is 10.6 Å². The van der Waals surface area contributed by atoms with Crippen molar-refractivity contribution in [2.75, 3.05) is 24.7 Å². The minimum absolute atomic E-state index is 0.219. The van der Waals surface area contributed by atoms with Crippen molar-refractivity contribution >= 4 is 23.7 Å². The van der Waals surface area contributed by atoms with Crippen LogP contribution in [0.15, 0.2) is 35.5 Å². The van der Waals surface area contributed by atoms with Crippen molar-refractivity contribution in [1.82, 2.24) is 29.7 Å². The maximum atomic E-state index is 5.77. The molecule has 2 aromatic heterocycles. The molecule has 25 heavy (non-hydrogen) atoms. The average molecular weight is 356 g/mol. The van der Waals surface area contributed by atoms with E-state index in [1.807, 2.05) is 44.4 Å². The summed E-state index contributed by atoms with van der Waals surface area (Å²) in [6.07, 6.45) is 0. The largest absolute Gasteiger partial charge is 0.368 e. The Labute approximate surface area is 150 Å². The summed E-state index contributed by atoms with van der Waals surface area (Å²) in [7, 11) is 3.73. The van der Waals surface area contributed by atoms with Gasteiger partial charge < -0.3 is 15.2 Å². The third-order valence-corrected chi connectivity index (χ3v) is 4.45. The molecule has 1 aromatic carbocycles. The molecule has 2 heterocycles. The number of thioether (sulfide) groups is 1. The second-order valence-corrected chi connectivity index (χ2v) is 6.45. The SMILES string of the molecule is CCn1c(SCc2nc(N)nc(N(C)C)n2)nnc1-c1ccccc1. The van der Waals surface area contributed by atoms with E-state index < -0.39 is 0 Å². The molecule has 0 aliphatic carbocycles. The van der Waals surface area contributed by atoms with Crippen LogP contribution in [-0.4, -0.2) is 43.8 Å². The molecule has 8 nitrogen and oxygen atoms in total. The molecule has 0 unspecified atom stereocenters. The number of anilines is 2. The number of benzene rings is 1. The Hall–Kier alpha value is -2.68. The van der Waals surface area contributed by atoms with E-state index in [1.165, 1.54) is 11.8 Å². The lowest BCUT2D eigenvalue weighted by molar-refractivity contribution is 0.687. The maximum Gasteiger partial charge on any atom is 0.229 e. The van der Waals surface area contributed by atoms with E-state index >= 15 is 0 Å². The van der Waals surface area contributed by atoms with E-state index in [0.717, 1.165) is 23.1 Å². The number of hydrogen-bond acceptors (Lipinski definition) is 8. The van der Waals surface area contributed by atoms with Crippen LogP contribution in [0.5, 0.6) is 0 Å². The molecular weight excluding hydrogens is 336 g/mol. The standard InChI is InChI=1S/C16H20N8S/c1-4-24-13(11-8-6-5-7-9-11)21-22-16(24)25-10-12-18-14(17)20-15(19-12)23(2)3/h5-9H,4,10H2,1-3H3,(H2,17,18,19,20). The van der Waals surface area contributed by atoms with Crippen molar-refractivity contribution in [3.05, 3.63) is 36.2 Å². The van der Waals surface area contributed by atoms with Crippen molar-refractivity contribution in [3.8, 4) is 11.4 Å². The second kappa shape index (κ2) is 7.47. The monoisotopic (exact) mass is 356 g/mol. The van der Waals surface area contributed by atoms with E-state index in [-0.39, 0.29) is 5.95 Å². The zero-order chi connectivity index (χ0) is 17.8. The Morgan fingerprint density at radius 3 is 2.52 bits per heavy atom. The van der Waals surface area contributed by atoms with Gasteiger partial charge in [-0.05, 0) is 6.92 Å². The van der Waals surface area contributed by atoms with Gasteiger partial charge in [0.25, 0.3) is 0 Å². The van der Waals surface area contributed by atoms with E-state index in [2.05, 4.69) is 36.6 Å². The van der Waals surface area contributed by atoms with Gasteiger partial charge in [0, 0.05) is 26.2 Å². The van der Waals surface area contributed by atoms with Crippen LogP contribution in [0.4, 0.5) is 11.9 Å². The summed E-state index contributed by atoms with van der Waals surface area (Å²) in [5.74, 6) is 2.78. The lowest BCUT2D eigenvalue weighted by Crippen LogP contribution is -2.16. The first-order valence-corrected chi connectivity index (χ1v) is 8.86. The Balaban J connectivity index is 1.82. The quantitative estimate of drug-likeness (QED) is 0.670. The topological polar surface area (TPSA) is 98.6 Å². The predicted octanol–water partition coefficient (Wildman–Crippen LogP) is 2.09. The van der Waals surface area contributed by atoms with Crippen LogP contribution >= 0.6 is 11.8 Å². The summed E-state index contributed by atoms with van der Waals surface area (Å²) < 4.78 is 2.08. The van der Waals surface area contributed by atoms with Crippen molar-refractivity contribution in [2.24, 2.45) is 0 Å². The third kappa shape index (κ3) is 3.87. The third-order valence-electron chi connectivity index (χ3n) is 3.48. The molecular formula is C16H20N8S. The summed E-state index contributed by atoms with van der Waals surface area (Å²) in [4.78, 5) is 14.5. The first-order valence-electron chi connectivity index (χ1n) is 7.87. The van der Waals surface area contributed by atoms with Crippen LogP contribution in [0.2, 0.25) is 0 Å². The lowest BCUT2D eigenvalue weighted by atomic mass is 10.2. The van der Waals surface area contributed by atoms with Gasteiger partial charge in [0.05, 0.1) is 5.75 Å². The molecule has 0 aliphatic heterocycles. The van der Waals surface area contributed by atoms with E-state index in [0.29, 0.717) is 17.5 Å². The molecule has 0 bridgehead atoms. The van der Waals surface area contributed by atoms with Crippen LogP contribution in [0.1, 0.15) is 12.7 Å². The molecule has 9 heteroatoms. The van der Waals surface area contributed by atoms with Gasteiger partial charge >= 0.3 is 0 Å². The molecule has 0 spiro atoms. The average Bonchev–Trinajstić information content (AvgIpc) is 3.03. The normalized spacial score (nSPS) is 10.8. The second-order valence-electron chi connectivity index (χ2n) is 5.51. The molecule has 0 aliphatic rings. The molecule has 2 N–H and O–H groups in total. The van der Waals surface area contributed by atoms with Gasteiger partial charge in [-0.2, -0.15) is 15.0 Å². The van der Waals surface area contributed by atoms with Gasteiger partial charge in [-0.1, -0.05) is 42.1 Å². The number of nitrogens with zero attached hydrogens (tertiary/aromatic N) is 7. The van der Waals surface area contributed by atoms with E-state index in [1.54, 1.807) is 4.90 Å². The fourth-order valence-corrected chi connectivity index (χ4v) is 3.16. The minimum Gasteiger partial charge on any atom is -0.368 e. The Bertz CT molecular complexity index is 847. The highest BCUT2D eigenvalue weighted by Crippen LogP contribution is 2.25. The van der Waals surface area contributed by atoms with Crippen LogP contribution in [-0.2, 0) is 12.3 Å². The van der Waals surface area contributed by atoms with Gasteiger partial charge in [0.15, 0.2) is 11.0 Å². The lowest BCUT2D eigenvalue weighted by Gasteiger charge is -2.11. The van der Waals surface area contributed by atoms with Gasteiger partial charge in [0.2, 0.25) is 11.9 Å². The summed E-state index contributed by atoms with van der Waals surface area (Å²) in [5, 5.41) is 9.49. The van der Waals surface area contributed by atoms with E-state index in [4.69, 9.17) is 5.73 Å². The van der Waals surface area contributed by atoms with Gasteiger partial charge in [0.1, 0.15) is 5.82 Å². The zero-order valence-electron chi connectivity index (χ0n) is 14.4. The van der Waals surface area contributed by atoms with Gasteiger partial charge in [-0.15, -0.1) is 10.2 Å². The number of aromatic nitrogens is 6. The Morgan fingerprint density at radius 2 is 1.84 bits per heavy atom. The number of nitrogen functional groups attached to an aromatic ring is 1. The molecule has 130 valence electrons. The summed E-state index contributed by atoms with van der Waals surface area (Å²) >= 11 is 1.53. The Morgan fingerprint density at radius 1 is 1.08 bits per heavy atom. The molecule has 0 radical (unpaired) electrons. The Kier molecular flexibility index (Phi) is 5.13.